The van der Waals surface area contributed by atoms with Gasteiger partial charge in [-0.1, -0.05) is 11.6 Å². The van der Waals surface area contributed by atoms with Crippen LogP contribution in [0.5, 0.6) is 5.75 Å². The van der Waals surface area contributed by atoms with Crippen LogP contribution in [0.25, 0.3) is 0 Å². The largest absolute Gasteiger partial charge is 0.507 e. The summed E-state index contributed by atoms with van der Waals surface area (Å²) >= 11 is 5.05. The zero-order chi connectivity index (χ0) is 13.0. The Morgan fingerprint density at radius 3 is 2.65 bits per heavy atom. The highest BCUT2D eigenvalue weighted by atomic mass is 32.1. The van der Waals surface area contributed by atoms with Crippen LogP contribution in [0.2, 0.25) is 0 Å². The molecule has 0 fully saturated rings. The fraction of sp³-hybridized carbons (Fsp3) is 0.333. The normalized spacial score (nSPS) is 11.2. The van der Waals surface area contributed by atoms with E-state index in [1.165, 1.54) is 0 Å². The predicted octanol–water partition coefficient (Wildman–Crippen LogP) is 1.86. The first kappa shape index (κ1) is 13.4. The van der Waals surface area contributed by atoms with E-state index in [4.69, 9.17) is 12.2 Å². The number of nitrogens with one attached hydrogen (secondary N) is 1. The molecule has 1 rings (SSSR count). The molecule has 0 aliphatic heterocycles. The molecular formula is C12H17N3OS. The van der Waals surface area contributed by atoms with Gasteiger partial charge >= 0.3 is 0 Å². The fourth-order valence-corrected chi connectivity index (χ4v) is 1.28. The maximum Gasteiger partial charge on any atom is 0.189 e. The van der Waals surface area contributed by atoms with E-state index in [0.29, 0.717) is 16.4 Å². The molecule has 0 spiro atoms. The number of benzene rings is 1. The Morgan fingerprint density at radius 2 is 2.06 bits per heavy atom. The predicted molar refractivity (Wildman–Crippen MR) is 74.5 cm³/mol. The quantitative estimate of drug-likeness (QED) is 0.478. The summed E-state index contributed by atoms with van der Waals surface area (Å²) in [6, 6.07) is 5.40. The van der Waals surface area contributed by atoms with Crippen LogP contribution in [0.4, 0.5) is 0 Å². The minimum atomic E-state index is 0.217. The molecule has 0 unspecified atom stereocenters. The van der Waals surface area contributed by atoms with Crippen molar-refractivity contribution in [3.05, 3.63) is 29.3 Å². The van der Waals surface area contributed by atoms with Gasteiger partial charge in [-0.05, 0) is 38.2 Å². The molecule has 2 N–H and O–H groups in total. The molecule has 0 bridgehead atoms. The smallest absolute Gasteiger partial charge is 0.189 e. The summed E-state index contributed by atoms with van der Waals surface area (Å²) in [5.41, 5.74) is 5.23. The van der Waals surface area contributed by atoms with E-state index in [0.717, 1.165) is 5.56 Å². The Bertz CT molecular complexity index is 455. The summed E-state index contributed by atoms with van der Waals surface area (Å²) in [6.07, 6.45) is 0. The molecular weight excluding hydrogens is 234 g/mol. The van der Waals surface area contributed by atoms with Crippen molar-refractivity contribution < 1.29 is 5.11 Å². The van der Waals surface area contributed by atoms with Crippen LogP contribution >= 0.6 is 12.2 Å². The maximum absolute atomic E-state index is 9.73. The molecule has 0 aliphatic rings. The lowest BCUT2D eigenvalue weighted by Gasteiger charge is -2.13. The third-order valence-electron chi connectivity index (χ3n) is 2.27. The number of aromatic hydroxyl groups is 1. The van der Waals surface area contributed by atoms with E-state index in [-0.39, 0.29) is 5.75 Å². The molecule has 0 saturated carbocycles. The van der Waals surface area contributed by atoms with Crippen molar-refractivity contribution in [2.24, 2.45) is 5.10 Å². The molecule has 4 nitrogen and oxygen atoms in total. The van der Waals surface area contributed by atoms with Crippen molar-refractivity contribution in [2.75, 3.05) is 14.1 Å². The van der Waals surface area contributed by atoms with Gasteiger partial charge in [-0.3, -0.25) is 5.43 Å². The molecule has 0 aliphatic carbocycles. The van der Waals surface area contributed by atoms with E-state index in [1.54, 1.807) is 11.0 Å². The second-order valence-corrected chi connectivity index (χ2v) is 4.42. The second-order valence-electron chi connectivity index (χ2n) is 4.03. The van der Waals surface area contributed by atoms with Crippen molar-refractivity contribution in [3.8, 4) is 5.75 Å². The molecule has 1 aromatic rings. The number of rotatable bonds is 2. The third kappa shape index (κ3) is 3.71. The van der Waals surface area contributed by atoms with Gasteiger partial charge < -0.3 is 10.0 Å². The summed E-state index contributed by atoms with van der Waals surface area (Å²) in [5, 5.41) is 14.4. The lowest BCUT2D eigenvalue weighted by atomic mass is 10.1. The Labute approximate surface area is 107 Å². The van der Waals surface area contributed by atoms with Gasteiger partial charge in [0.15, 0.2) is 5.11 Å². The minimum Gasteiger partial charge on any atom is -0.507 e. The van der Waals surface area contributed by atoms with Crippen LogP contribution in [0.1, 0.15) is 18.1 Å². The number of phenols is 1. The van der Waals surface area contributed by atoms with Crippen LogP contribution in [-0.4, -0.2) is 34.9 Å². The fourth-order valence-electron chi connectivity index (χ4n) is 1.23. The van der Waals surface area contributed by atoms with Crippen molar-refractivity contribution >= 4 is 23.0 Å². The molecule has 0 aromatic heterocycles. The highest BCUT2D eigenvalue weighted by molar-refractivity contribution is 7.80. The number of thiocarbonyl (C=S) groups is 1. The van der Waals surface area contributed by atoms with Crippen LogP contribution in [0, 0.1) is 6.92 Å². The monoisotopic (exact) mass is 251 g/mol. The van der Waals surface area contributed by atoms with Gasteiger partial charge in [-0.15, -0.1) is 0 Å². The molecule has 17 heavy (non-hydrogen) atoms. The summed E-state index contributed by atoms with van der Waals surface area (Å²) in [7, 11) is 3.68. The average molecular weight is 251 g/mol. The van der Waals surface area contributed by atoms with Gasteiger partial charge in [0.1, 0.15) is 5.75 Å². The molecule has 1 aromatic carbocycles. The first-order chi connectivity index (χ1) is 7.91. The lowest BCUT2D eigenvalue weighted by Crippen LogP contribution is -2.31. The van der Waals surface area contributed by atoms with E-state index in [1.807, 2.05) is 40.1 Å². The van der Waals surface area contributed by atoms with Crippen molar-refractivity contribution in [1.82, 2.24) is 10.3 Å². The molecule has 5 heteroatoms. The van der Waals surface area contributed by atoms with Crippen molar-refractivity contribution in [3.63, 3.8) is 0 Å². The van der Waals surface area contributed by atoms with Crippen LogP contribution in [0.3, 0.4) is 0 Å². The summed E-state index contributed by atoms with van der Waals surface area (Å²) in [5.74, 6) is 0.217. The molecule has 92 valence electrons. The van der Waals surface area contributed by atoms with Crippen LogP contribution < -0.4 is 5.43 Å². The number of hydrogen-bond acceptors (Lipinski definition) is 3. The van der Waals surface area contributed by atoms with E-state index in [9.17, 15) is 5.11 Å². The van der Waals surface area contributed by atoms with Gasteiger partial charge in [0.2, 0.25) is 0 Å². The van der Waals surface area contributed by atoms with Gasteiger partial charge in [0.25, 0.3) is 0 Å². The van der Waals surface area contributed by atoms with Crippen molar-refractivity contribution in [2.45, 2.75) is 13.8 Å². The standard InChI is InChI=1S/C12H17N3OS/c1-8-5-6-11(16)10(7-8)9(2)13-14-12(17)15(3)4/h5-7,16H,1-4H3,(H,14,17). The van der Waals surface area contributed by atoms with E-state index in [2.05, 4.69) is 10.5 Å². The highest BCUT2D eigenvalue weighted by Gasteiger charge is 2.05. The zero-order valence-electron chi connectivity index (χ0n) is 10.5. The first-order valence-corrected chi connectivity index (χ1v) is 5.64. The van der Waals surface area contributed by atoms with Gasteiger partial charge in [-0.25, -0.2) is 0 Å². The minimum absolute atomic E-state index is 0.217. The second kappa shape index (κ2) is 5.63. The molecule has 0 radical (unpaired) electrons. The van der Waals surface area contributed by atoms with E-state index >= 15 is 0 Å². The average Bonchev–Trinajstić information content (AvgIpc) is 2.28. The SMILES string of the molecule is CC(=NNC(=S)N(C)C)c1cc(C)ccc1O. The number of phenolic OH excluding ortho intramolecular Hbond substituents is 1. The molecule has 0 atom stereocenters. The summed E-state index contributed by atoms with van der Waals surface area (Å²) < 4.78 is 0. The number of hydrogen-bond donors (Lipinski definition) is 2. The summed E-state index contributed by atoms with van der Waals surface area (Å²) in [6.45, 7) is 3.79. The molecule has 0 amide bonds. The van der Waals surface area contributed by atoms with Gasteiger partial charge in [0.05, 0.1) is 5.71 Å². The van der Waals surface area contributed by atoms with Crippen LogP contribution in [-0.2, 0) is 0 Å². The number of aryl methyl sites for hydroxylation is 1. The van der Waals surface area contributed by atoms with Crippen LogP contribution in [0.15, 0.2) is 23.3 Å². The van der Waals surface area contributed by atoms with E-state index < -0.39 is 0 Å². The molecule has 0 saturated heterocycles. The zero-order valence-corrected chi connectivity index (χ0v) is 11.3. The maximum atomic E-state index is 9.73. The van der Waals surface area contributed by atoms with Crippen molar-refractivity contribution in [1.29, 1.82) is 0 Å². The number of nitrogens with zero attached hydrogens (tertiary/aromatic N) is 2. The Morgan fingerprint density at radius 1 is 1.41 bits per heavy atom. The highest BCUT2D eigenvalue weighted by Crippen LogP contribution is 2.18. The number of hydrazone groups is 1. The Kier molecular flexibility index (Phi) is 4.45. The Hall–Kier alpha value is -1.62. The van der Waals surface area contributed by atoms with Gasteiger partial charge in [-0.2, -0.15) is 5.10 Å². The Balaban J connectivity index is 2.88. The third-order valence-corrected chi connectivity index (χ3v) is 2.72. The molecule has 0 heterocycles. The topological polar surface area (TPSA) is 47.9 Å². The van der Waals surface area contributed by atoms with Gasteiger partial charge in [0, 0.05) is 19.7 Å². The first-order valence-electron chi connectivity index (χ1n) is 5.23. The summed E-state index contributed by atoms with van der Waals surface area (Å²) in [4.78, 5) is 1.75. The lowest BCUT2D eigenvalue weighted by molar-refractivity contribution is 0.474.